The van der Waals surface area contributed by atoms with Gasteiger partial charge in [0.2, 0.25) is 0 Å². The fourth-order valence-corrected chi connectivity index (χ4v) is 3.43. The Morgan fingerprint density at radius 1 is 1.27 bits per heavy atom. The van der Waals surface area contributed by atoms with Crippen LogP contribution >= 0.6 is 0 Å². The molecule has 1 aromatic carbocycles. The van der Waals surface area contributed by atoms with Crippen molar-refractivity contribution in [1.29, 1.82) is 0 Å². The standard InChI is InChI=1S/C19H19FN2O4/c1-19(2)13(18(24)22-5-7-25-8-6-22)10-15(26-19)16-12-4-3-11(20)9-14(12)21-17(16)23/h3-4,9-10H,5-8H2,1-2H3,(H,21,23). The van der Waals surface area contributed by atoms with Gasteiger partial charge in [0.15, 0.2) is 0 Å². The molecule has 3 heterocycles. The molecule has 0 atom stereocenters. The van der Waals surface area contributed by atoms with Gasteiger partial charge in [0.1, 0.15) is 17.2 Å². The number of nitrogens with zero attached hydrogens (tertiary/aromatic N) is 1. The number of morpholine rings is 1. The van der Waals surface area contributed by atoms with Gasteiger partial charge in [-0.2, -0.15) is 0 Å². The van der Waals surface area contributed by atoms with Crippen LogP contribution in [-0.4, -0.2) is 48.6 Å². The summed E-state index contributed by atoms with van der Waals surface area (Å²) < 4.78 is 24.7. The van der Waals surface area contributed by atoms with Crippen molar-refractivity contribution in [2.24, 2.45) is 0 Å². The third-order valence-electron chi connectivity index (χ3n) is 4.79. The first-order chi connectivity index (χ1) is 12.4. The number of carbonyl (C=O) groups is 2. The highest BCUT2D eigenvalue weighted by molar-refractivity contribution is 6.32. The monoisotopic (exact) mass is 358 g/mol. The molecule has 3 aliphatic heterocycles. The average Bonchev–Trinajstić information content (AvgIpc) is 3.09. The number of benzene rings is 1. The van der Waals surface area contributed by atoms with E-state index in [0.29, 0.717) is 54.5 Å². The van der Waals surface area contributed by atoms with Crippen molar-refractivity contribution in [3.05, 3.63) is 47.0 Å². The van der Waals surface area contributed by atoms with Crippen molar-refractivity contribution in [2.45, 2.75) is 19.4 Å². The minimum absolute atomic E-state index is 0.119. The molecule has 6 nitrogen and oxygen atoms in total. The maximum atomic E-state index is 13.4. The van der Waals surface area contributed by atoms with Gasteiger partial charge in [0, 0.05) is 18.7 Å². The summed E-state index contributed by atoms with van der Waals surface area (Å²) in [5.74, 6) is -0.587. The van der Waals surface area contributed by atoms with Crippen LogP contribution in [0.4, 0.5) is 10.1 Å². The van der Waals surface area contributed by atoms with E-state index < -0.39 is 11.4 Å². The zero-order valence-electron chi connectivity index (χ0n) is 14.6. The van der Waals surface area contributed by atoms with E-state index in [1.807, 2.05) is 0 Å². The molecule has 26 heavy (non-hydrogen) atoms. The molecule has 0 spiro atoms. The highest BCUT2D eigenvalue weighted by Gasteiger charge is 2.41. The summed E-state index contributed by atoms with van der Waals surface area (Å²) in [6.07, 6.45) is 1.63. The van der Waals surface area contributed by atoms with Crippen molar-refractivity contribution in [1.82, 2.24) is 4.90 Å². The number of nitrogens with one attached hydrogen (secondary N) is 1. The molecule has 0 radical (unpaired) electrons. The first kappa shape index (κ1) is 16.8. The minimum Gasteiger partial charge on any atom is -0.482 e. The van der Waals surface area contributed by atoms with Crippen molar-refractivity contribution < 1.29 is 23.5 Å². The van der Waals surface area contributed by atoms with Crippen molar-refractivity contribution in [2.75, 3.05) is 31.6 Å². The number of allylic oxidation sites excluding steroid dienone is 1. The molecule has 3 aliphatic rings. The quantitative estimate of drug-likeness (QED) is 0.781. The summed E-state index contributed by atoms with van der Waals surface area (Å²) in [4.78, 5) is 27.0. The smallest absolute Gasteiger partial charge is 0.260 e. The van der Waals surface area contributed by atoms with Crippen LogP contribution in [0.1, 0.15) is 19.4 Å². The van der Waals surface area contributed by atoms with Crippen molar-refractivity contribution in [3.63, 3.8) is 0 Å². The minimum atomic E-state index is -0.860. The van der Waals surface area contributed by atoms with Gasteiger partial charge in [-0.05, 0) is 38.1 Å². The third-order valence-corrected chi connectivity index (χ3v) is 4.79. The molecule has 7 heteroatoms. The van der Waals surface area contributed by atoms with Crippen molar-refractivity contribution >= 4 is 23.1 Å². The normalized spacial score (nSPS) is 24.0. The van der Waals surface area contributed by atoms with Crippen LogP contribution in [0.15, 0.2) is 35.6 Å². The molecule has 136 valence electrons. The predicted octanol–water partition coefficient (Wildman–Crippen LogP) is 2.08. The molecule has 0 bridgehead atoms. The van der Waals surface area contributed by atoms with E-state index in [0.717, 1.165) is 0 Å². The van der Waals surface area contributed by atoms with Crippen LogP contribution in [0.25, 0.3) is 5.57 Å². The summed E-state index contributed by atoms with van der Waals surface area (Å²) in [7, 11) is 0. The number of rotatable bonds is 1. The Balaban J connectivity index is 1.75. The second kappa shape index (κ2) is 5.95. The predicted molar refractivity (Wildman–Crippen MR) is 92.6 cm³/mol. The molecule has 4 rings (SSSR count). The van der Waals surface area contributed by atoms with E-state index in [-0.39, 0.29) is 11.8 Å². The first-order valence-electron chi connectivity index (χ1n) is 8.50. The fraction of sp³-hybridized carbons (Fsp3) is 0.368. The van der Waals surface area contributed by atoms with Crippen LogP contribution in [0.2, 0.25) is 0 Å². The van der Waals surface area contributed by atoms with E-state index in [2.05, 4.69) is 5.32 Å². The Hall–Kier alpha value is -2.67. The van der Waals surface area contributed by atoms with Gasteiger partial charge in [-0.1, -0.05) is 0 Å². The lowest BCUT2D eigenvalue weighted by Crippen LogP contribution is -2.44. The van der Waals surface area contributed by atoms with E-state index in [1.54, 1.807) is 24.8 Å². The number of halogens is 1. The summed E-state index contributed by atoms with van der Waals surface area (Å²) in [5.41, 5.74) is 0.919. The van der Waals surface area contributed by atoms with Gasteiger partial charge in [0.05, 0.1) is 30.0 Å². The van der Waals surface area contributed by atoms with Crippen LogP contribution in [0.5, 0.6) is 0 Å². The molecule has 0 saturated carbocycles. The largest absolute Gasteiger partial charge is 0.482 e. The molecular formula is C19H19FN2O4. The summed E-state index contributed by atoms with van der Waals surface area (Å²) >= 11 is 0. The van der Waals surface area contributed by atoms with Gasteiger partial charge < -0.3 is 19.7 Å². The Morgan fingerprint density at radius 2 is 2.00 bits per heavy atom. The number of hydrogen-bond acceptors (Lipinski definition) is 4. The number of ether oxygens (including phenoxy) is 2. The fourth-order valence-electron chi connectivity index (χ4n) is 3.43. The molecule has 1 aromatic rings. The van der Waals surface area contributed by atoms with Crippen LogP contribution < -0.4 is 5.32 Å². The number of hydrogen-bond donors (Lipinski definition) is 1. The van der Waals surface area contributed by atoms with Crippen LogP contribution in [-0.2, 0) is 19.1 Å². The lowest BCUT2D eigenvalue weighted by molar-refractivity contribution is -0.132. The van der Waals surface area contributed by atoms with Gasteiger partial charge in [0.25, 0.3) is 11.8 Å². The van der Waals surface area contributed by atoms with E-state index in [1.165, 1.54) is 18.2 Å². The third kappa shape index (κ3) is 2.68. The molecule has 2 amide bonds. The highest BCUT2D eigenvalue weighted by atomic mass is 19.1. The highest BCUT2D eigenvalue weighted by Crippen LogP contribution is 2.41. The maximum absolute atomic E-state index is 13.4. The molecule has 1 saturated heterocycles. The van der Waals surface area contributed by atoms with Crippen LogP contribution in [0.3, 0.4) is 0 Å². The Bertz CT molecular complexity index is 866. The van der Waals surface area contributed by atoms with Crippen molar-refractivity contribution in [3.8, 4) is 0 Å². The Labute approximate surface area is 150 Å². The molecular weight excluding hydrogens is 339 g/mol. The first-order valence-corrected chi connectivity index (χ1v) is 8.50. The number of amides is 2. The zero-order valence-corrected chi connectivity index (χ0v) is 14.6. The Morgan fingerprint density at radius 3 is 2.73 bits per heavy atom. The number of fused-ring (bicyclic) bond motifs is 1. The van der Waals surface area contributed by atoms with Gasteiger partial charge in [-0.3, -0.25) is 9.59 Å². The van der Waals surface area contributed by atoms with Gasteiger partial charge in [-0.15, -0.1) is 0 Å². The average molecular weight is 358 g/mol. The molecule has 0 unspecified atom stereocenters. The van der Waals surface area contributed by atoms with Gasteiger partial charge in [-0.25, -0.2) is 4.39 Å². The van der Waals surface area contributed by atoms with E-state index in [9.17, 15) is 14.0 Å². The van der Waals surface area contributed by atoms with E-state index in [4.69, 9.17) is 9.47 Å². The maximum Gasteiger partial charge on any atom is 0.260 e. The van der Waals surface area contributed by atoms with Gasteiger partial charge >= 0.3 is 0 Å². The second-order valence-electron chi connectivity index (χ2n) is 6.96. The number of carbonyl (C=O) groups excluding carboxylic acids is 2. The zero-order chi connectivity index (χ0) is 18.5. The molecule has 1 N–H and O–H groups in total. The lowest BCUT2D eigenvalue weighted by Gasteiger charge is -2.30. The molecule has 0 aromatic heterocycles. The lowest BCUT2D eigenvalue weighted by atomic mass is 9.97. The van der Waals surface area contributed by atoms with Crippen LogP contribution in [0, 0.1) is 5.82 Å². The summed E-state index contributed by atoms with van der Waals surface area (Å²) in [6, 6.07) is 4.10. The second-order valence-corrected chi connectivity index (χ2v) is 6.96. The SMILES string of the molecule is CC1(C)OC(=C2C(=O)Nc3cc(F)ccc32)C=C1C(=O)N1CCOCC1. The summed E-state index contributed by atoms with van der Waals surface area (Å²) in [6.45, 7) is 5.67. The molecule has 1 fully saturated rings. The Kier molecular flexibility index (Phi) is 3.84. The van der Waals surface area contributed by atoms with E-state index >= 15 is 0 Å². The topological polar surface area (TPSA) is 67.9 Å². The summed E-state index contributed by atoms with van der Waals surface area (Å²) in [5, 5.41) is 2.64. The molecule has 0 aliphatic carbocycles. The number of anilines is 1.